The van der Waals surface area contributed by atoms with Crippen molar-refractivity contribution in [1.82, 2.24) is 5.32 Å². The Labute approximate surface area is 113 Å². The molecule has 0 aliphatic rings. The summed E-state index contributed by atoms with van der Waals surface area (Å²) in [7, 11) is 0. The van der Waals surface area contributed by atoms with Crippen molar-refractivity contribution in [3.05, 3.63) is 71.3 Å². The van der Waals surface area contributed by atoms with E-state index in [1.54, 1.807) is 0 Å². The van der Waals surface area contributed by atoms with Crippen LogP contribution in [-0.2, 0) is 6.54 Å². The molecule has 0 spiro atoms. The summed E-state index contributed by atoms with van der Waals surface area (Å²) in [4.78, 5) is 0. The van der Waals surface area contributed by atoms with Gasteiger partial charge >= 0.3 is 0 Å². The standard InChI is InChI=1S/C16H19NO2/c18-11-10-17-12-14-8-4-5-9-15(14)16(19)13-6-2-1-3-7-13/h1-9,16-19H,10-12H2. The number of aliphatic hydroxyl groups is 2. The third-order valence-electron chi connectivity index (χ3n) is 3.07. The first-order chi connectivity index (χ1) is 9.33. The van der Waals surface area contributed by atoms with Crippen LogP contribution in [0.2, 0.25) is 0 Å². The molecule has 0 heterocycles. The lowest BCUT2D eigenvalue weighted by atomic mass is 9.97. The molecular formula is C16H19NO2. The van der Waals surface area contributed by atoms with Gasteiger partial charge in [0, 0.05) is 13.1 Å². The van der Waals surface area contributed by atoms with Crippen molar-refractivity contribution in [1.29, 1.82) is 0 Å². The fourth-order valence-corrected chi connectivity index (χ4v) is 2.08. The van der Waals surface area contributed by atoms with Crippen LogP contribution in [0.15, 0.2) is 54.6 Å². The first kappa shape index (κ1) is 13.7. The van der Waals surface area contributed by atoms with Gasteiger partial charge in [-0.1, -0.05) is 54.6 Å². The van der Waals surface area contributed by atoms with Gasteiger partial charge in [0.2, 0.25) is 0 Å². The lowest BCUT2D eigenvalue weighted by Crippen LogP contribution is -2.19. The van der Waals surface area contributed by atoms with E-state index in [0.717, 1.165) is 16.7 Å². The van der Waals surface area contributed by atoms with Crippen molar-refractivity contribution in [2.24, 2.45) is 0 Å². The van der Waals surface area contributed by atoms with Crippen LogP contribution >= 0.6 is 0 Å². The average Bonchev–Trinajstić information content (AvgIpc) is 2.48. The van der Waals surface area contributed by atoms with E-state index in [1.165, 1.54) is 0 Å². The smallest absolute Gasteiger partial charge is 0.104 e. The Morgan fingerprint density at radius 2 is 1.63 bits per heavy atom. The Kier molecular flexibility index (Phi) is 5.10. The molecule has 0 aliphatic carbocycles. The van der Waals surface area contributed by atoms with Crippen LogP contribution in [0.25, 0.3) is 0 Å². The van der Waals surface area contributed by atoms with Crippen LogP contribution in [0, 0.1) is 0 Å². The third-order valence-corrected chi connectivity index (χ3v) is 3.07. The van der Waals surface area contributed by atoms with Crippen molar-refractivity contribution in [3.8, 4) is 0 Å². The number of hydrogen-bond acceptors (Lipinski definition) is 3. The Morgan fingerprint density at radius 1 is 0.947 bits per heavy atom. The molecule has 0 saturated carbocycles. The monoisotopic (exact) mass is 257 g/mol. The SMILES string of the molecule is OCCNCc1ccccc1C(O)c1ccccc1. The quantitative estimate of drug-likeness (QED) is 0.692. The molecule has 2 aromatic carbocycles. The molecular weight excluding hydrogens is 238 g/mol. The number of aliphatic hydroxyl groups excluding tert-OH is 2. The molecule has 0 fully saturated rings. The Balaban J connectivity index is 2.19. The number of benzene rings is 2. The van der Waals surface area contributed by atoms with Crippen molar-refractivity contribution >= 4 is 0 Å². The van der Waals surface area contributed by atoms with Gasteiger partial charge in [0.25, 0.3) is 0 Å². The molecule has 19 heavy (non-hydrogen) atoms. The maximum Gasteiger partial charge on any atom is 0.104 e. The van der Waals surface area contributed by atoms with Gasteiger partial charge in [0.05, 0.1) is 6.61 Å². The second kappa shape index (κ2) is 7.04. The molecule has 0 aliphatic heterocycles. The van der Waals surface area contributed by atoms with Gasteiger partial charge in [0.15, 0.2) is 0 Å². The van der Waals surface area contributed by atoms with Crippen LogP contribution in [0.5, 0.6) is 0 Å². The van der Waals surface area contributed by atoms with E-state index >= 15 is 0 Å². The summed E-state index contributed by atoms with van der Waals surface area (Å²) in [5.41, 5.74) is 2.84. The van der Waals surface area contributed by atoms with E-state index < -0.39 is 6.10 Å². The van der Waals surface area contributed by atoms with Gasteiger partial charge in [-0.3, -0.25) is 0 Å². The van der Waals surface area contributed by atoms with Gasteiger partial charge in [-0.05, 0) is 16.7 Å². The molecule has 0 saturated heterocycles. The van der Waals surface area contributed by atoms with E-state index in [9.17, 15) is 5.11 Å². The molecule has 0 bridgehead atoms. The molecule has 2 rings (SSSR count). The molecule has 0 amide bonds. The minimum Gasteiger partial charge on any atom is -0.395 e. The maximum atomic E-state index is 10.5. The first-order valence-electron chi connectivity index (χ1n) is 6.45. The summed E-state index contributed by atoms with van der Waals surface area (Å²) in [6.07, 6.45) is -0.617. The fraction of sp³-hybridized carbons (Fsp3) is 0.250. The number of hydrogen-bond donors (Lipinski definition) is 3. The topological polar surface area (TPSA) is 52.5 Å². The third kappa shape index (κ3) is 3.64. The summed E-state index contributed by atoms with van der Waals surface area (Å²) < 4.78 is 0. The van der Waals surface area contributed by atoms with E-state index in [1.807, 2.05) is 54.6 Å². The highest BCUT2D eigenvalue weighted by atomic mass is 16.3. The van der Waals surface area contributed by atoms with Gasteiger partial charge in [-0.2, -0.15) is 0 Å². The highest BCUT2D eigenvalue weighted by molar-refractivity contribution is 5.35. The Hall–Kier alpha value is -1.68. The van der Waals surface area contributed by atoms with E-state index in [2.05, 4.69) is 5.32 Å². The lowest BCUT2D eigenvalue weighted by molar-refractivity contribution is 0.219. The molecule has 0 aromatic heterocycles. The van der Waals surface area contributed by atoms with Crippen LogP contribution < -0.4 is 5.32 Å². The largest absolute Gasteiger partial charge is 0.395 e. The Morgan fingerprint density at radius 3 is 2.37 bits per heavy atom. The zero-order chi connectivity index (χ0) is 13.5. The summed E-state index contributed by atoms with van der Waals surface area (Å²) >= 11 is 0. The zero-order valence-corrected chi connectivity index (χ0v) is 10.8. The van der Waals surface area contributed by atoms with E-state index in [0.29, 0.717) is 13.1 Å². The fourth-order valence-electron chi connectivity index (χ4n) is 2.08. The lowest BCUT2D eigenvalue weighted by Gasteiger charge is -2.16. The van der Waals surface area contributed by atoms with Crippen molar-refractivity contribution in [3.63, 3.8) is 0 Å². The molecule has 3 nitrogen and oxygen atoms in total. The number of nitrogens with one attached hydrogen (secondary N) is 1. The highest BCUT2D eigenvalue weighted by Crippen LogP contribution is 2.24. The minimum atomic E-state index is -0.617. The summed E-state index contributed by atoms with van der Waals surface area (Å²) in [5, 5.41) is 22.4. The van der Waals surface area contributed by atoms with Gasteiger partial charge in [0.1, 0.15) is 6.10 Å². The average molecular weight is 257 g/mol. The normalized spacial score (nSPS) is 12.3. The predicted octanol–water partition coefficient (Wildman–Crippen LogP) is 1.85. The maximum absolute atomic E-state index is 10.5. The predicted molar refractivity (Wildman–Crippen MR) is 75.7 cm³/mol. The summed E-state index contributed by atoms with van der Waals surface area (Å²) in [6.45, 7) is 1.31. The molecule has 1 unspecified atom stereocenters. The van der Waals surface area contributed by atoms with Crippen molar-refractivity contribution in [2.45, 2.75) is 12.6 Å². The molecule has 100 valence electrons. The van der Waals surface area contributed by atoms with Gasteiger partial charge < -0.3 is 15.5 Å². The zero-order valence-electron chi connectivity index (χ0n) is 10.8. The van der Waals surface area contributed by atoms with Gasteiger partial charge in [-0.15, -0.1) is 0 Å². The summed E-state index contributed by atoms with van der Waals surface area (Å²) in [6, 6.07) is 17.4. The van der Waals surface area contributed by atoms with Crippen LogP contribution in [0.4, 0.5) is 0 Å². The second-order valence-electron chi connectivity index (χ2n) is 4.41. The molecule has 3 N–H and O–H groups in total. The highest BCUT2D eigenvalue weighted by Gasteiger charge is 2.13. The molecule has 3 heteroatoms. The minimum absolute atomic E-state index is 0.114. The van der Waals surface area contributed by atoms with Crippen LogP contribution in [0.3, 0.4) is 0 Å². The number of rotatable bonds is 6. The van der Waals surface area contributed by atoms with Crippen molar-refractivity contribution < 1.29 is 10.2 Å². The van der Waals surface area contributed by atoms with E-state index in [-0.39, 0.29) is 6.61 Å². The molecule has 1 atom stereocenters. The Bertz CT molecular complexity index is 499. The van der Waals surface area contributed by atoms with Gasteiger partial charge in [-0.25, -0.2) is 0 Å². The summed E-state index contributed by atoms with van der Waals surface area (Å²) in [5.74, 6) is 0. The van der Waals surface area contributed by atoms with E-state index in [4.69, 9.17) is 5.11 Å². The van der Waals surface area contributed by atoms with Crippen LogP contribution in [0.1, 0.15) is 22.8 Å². The molecule has 2 aromatic rings. The van der Waals surface area contributed by atoms with Crippen LogP contribution in [-0.4, -0.2) is 23.4 Å². The van der Waals surface area contributed by atoms with Crippen molar-refractivity contribution in [2.75, 3.05) is 13.2 Å². The second-order valence-corrected chi connectivity index (χ2v) is 4.41. The first-order valence-corrected chi connectivity index (χ1v) is 6.45. The molecule has 0 radical (unpaired) electrons.